The summed E-state index contributed by atoms with van der Waals surface area (Å²) in [6, 6.07) is 10.1. The van der Waals surface area contributed by atoms with E-state index in [1.165, 1.54) is 0 Å². The van der Waals surface area contributed by atoms with E-state index < -0.39 is 0 Å². The molecule has 2 rings (SSSR count). The molecular formula is C15H17IN2O. The number of pyridine rings is 1. The molecule has 0 radical (unpaired) electrons. The van der Waals surface area contributed by atoms with Crippen molar-refractivity contribution in [1.29, 1.82) is 0 Å². The summed E-state index contributed by atoms with van der Waals surface area (Å²) in [5, 5.41) is 0. The lowest BCUT2D eigenvalue weighted by molar-refractivity contribution is 0.478. The number of hydrogen-bond donors (Lipinski definition) is 1. The van der Waals surface area contributed by atoms with E-state index in [0.29, 0.717) is 0 Å². The quantitative estimate of drug-likeness (QED) is 0.818. The van der Waals surface area contributed by atoms with Crippen LogP contribution in [0.2, 0.25) is 0 Å². The van der Waals surface area contributed by atoms with Crippen molar-refractivity contribution < 1.29 is 4.74 Å². The molecule has 1 unspecified atom stereocenters. The van der Waals surface area contributed by atoms with Crippen LogP contribution in [-0.2, 0) is 6.42 Å². The number of nitrogens with zero attached hydrogens (tertiary/aromatic N) is 1. The predicted molar refractivity (Wildman–Crippen MR) is 85.4 cm³/mol. The summed E-state index contributed by atoms with van der Waals surface area (Å²) >= 11 is 2.26. The zero-order valence-electron chi connectivity index (χ0n) is 10.8. The lowest BCUT2D eigenvalue weighted by Gasteiger charge is -2.10. The van der Waals surface area contributed by atoms with Gasteiger partial charge in [0.25, 0.3) is 0 Å². The summed E-state index contributed by atoms with van der Waals surface area (Å²) in [6.45, 7) is 2.09. The standard InChI is InChI=1S/C15H17IN2O/c1-2-13(17)6-11-7-15(10-18-9-11)19-14-5-3-4-12(16)8-14/h3-5,7-10,13H,2,6,17H2,1H3. The van der Waals surface area contributed by atoms with E-state index in [9.17, 15) is 0 Å². The van der Waals surface area contributed by atoms with Crippen LogP contribution in [0.15, 0.2) is 42.7 Å². The van der Waals surface area contributed by atoms with Crippen LogP contribution in [0.4, 0.5) is 0 Å². The first-order valence-corrected chi connectivity index (χ1v) is 7.38. The highest BCUT2D eigenvalue weighted by Crippen LogP contribution is 2.23. The van der Waals surface area contributed by atoms with Gasteiger partial charge in [0.1, 0.15) is 11.5 Å². The molecule has 2 N–H and O–H groups in total. The van der Waals surface area contributed by atoms with Gasteiger partial charge in [-0.15, -0.1) is 0 Å². The van der Waals surface area contributed by atoms with Crippen molar-refractivity contribution in [2.45, 2.75) is 25.8 Å². The summed E-state index contributed by atoms with van der Waals surface area (Å²) < 4.78 is 6.95. The third-order valence-corrected chi connectivity index (χ3v) is 3.49. The predicted octanol–water partition coefficient (Wildman–Crippen LogP) is 3.76. The fraction of sp³-hybridized carbons (Fsp3) is 0.267. The lowest BCUT2D eigenvalue weighted by atomic mass is 10.1. The molecule has 100 valence electrons. The van der Waals surface area contributed by atoms with Crippen LogP contribution in [0.5, 0.6) is 11.5 Å². The van der Waals surface area contributed by atoms with Gasteiger partial charge in [0.15, 0.2) is 0 Å². The van der Waals surface area contributed by atoms with E-state index in [0.717, 1.165) is 33.5 Å². The Morgan fingerprint density at radius 1 is 1.26 bits per heavy atom. The smallest absolute Gasteiger partial charge is 0.145 e. The number of halogens is 1. The van der Waals surface area contributed by atoms with Gasteiger partial charge in [0.2, 0.25) is 0 Å². The number of benzene rings is 1. The Balaban J connectivity index is 2.10. The lowest BCUT2D eigenvalue weighted by Crippen LogP contribution is -2.21. The number of ether oxygens (including phenoxy) is 1. The molecular weight excluding hydrogens is 351 g/mol. The highest BCUT2D eigenvalue weighted by molar-refractivity contribution is 14.1. The molecule has 19 heavy (non-hydrogen) atoms. The van der Waals surface area contributed by atoms with Crippen molar-refractivity contribution in [3.05, 3.63) is 51.9 Å². The van der Waals surface area contributed by atoms with Gasteiger partial charge in [-0.25, -0.2) is 0 Å². The fourth-order valence-corrected chi connectivity index (χ4v) is 2.26. The van der Waals surface area contributed by atoms with Crippen LogP contribution in [0.1, 0.15) is 18.9 Å². The topological polar surface area (TPSA) is 48.1 Å². The molecule has 1 atom stereocenters. The summed E-state index contributed by atoms with van der Waals surface area (Å²) in [4.78, 5) is 4.21. The SMILES string of the molecule is CCC(N)Cc1cncc(Oc2cccc(I)c2)c1. The van der Waals surface area contributed by atoms with E-state index in [4.69, 9.17) is 10.5 Å². The van der Waals surface area contributed by atoms with Crippen LogP contribution in [-0.4, -0.2) is 11.0 Å². The highest BCUT2D eigenvalue weighted by atomic mass is 127. The molecule has 0 aliphatic heterocycles. The zero-order chi connectivity index (χ0) is 13.7. The second kappa shape index (κ2) is 6.86. The molecule has 0 aliphatic carbocycles. The van der Waals surface area contributed by atoms with Crippen LogP contribution < -0.4 is 10.5 Å². The first-order valence-electron chi connectivity index (χ1n) is 6.30. The number of rotatable bonds is 5. The van der Waals surface area contributed by atoms with Gasteiger partial charge < -0.3 is 10.5 Å². The maximum atomic E-state index is 5.96. The van der Waals surface area contributed by atoms with Crippen molar-refractivity contribution >= 4 is 22.6 Å². The van der Waals surface area contributed by atoms with Gasteiger partial charge in [0, 0.05) is 15.8 Å². The average molecular weight is 368 g/mol. The number of aromatic nitrogens is 1. The summed E-state index contributed by atoms with van der Waals surface area (Å²) in [7, 11) is 0. The zero-order valence-corrected chi connectivity index (χ0v) is 13.0. The van der Waals surface area contributed by atoms with Crippen molar-refractivity contribution in [3.8, 4) is 11.5 Å². The minimum Gasteiger partial charge on any atom is -0.456 e. The molecule has 1 heterocycles. The van der Waals surface area contributed by atoms with Crippen LogP contribution in [0.3, 0.4) is 0 Å². The maximum absolute atomic E-state index is 5.96. The molecule has 0 amide bonds. The van der Waals surface area contributed by atoms with Gasteiger partial charge in [-0.2, -0.15) is 0 Å². The summed E-state index contributed by atoms with van der Waals surface area (Å²) in [6.07, 6.45) is 5.35. The maximum Gasteiger partial charge on any atom is 0.145 e. The first kappa shape index (κ1) is 14.3. The van der Waals surface area contributed by atoms with E-state index in [-0.39, 0.29) is 6.04 Å². The van der Waals surface area contributed by atoms with Crippen molar-refractivity contribution in [2.24, 2.45) is 5.73 Å². The molecule has 0 spiro atoms. The Bertz CT molecular complexity index is 545. The molecule has 0 saturated carbocycles. The van der Waals surface area contributed by atoms with Crippen molar-refractivity contribution in [2.75, 3.05) is 0 Å². The minimum atomic E-state index is 0.176. The second-order valence-corrected chi connectivity index (χ2v) is 5.71. The molecule has 0 aliphatic rings. The van der Waals surface area contributed by atoms with Gasteiger partial charge in [-0.05, 0) is 65.3 Å². The average Bonchev–Trinajstić information content (AvgIpc) is 2.39. The molecule has 0 saturated heterocycles. The molecule has 0 fully saturated rings. The fourth-order valence-electron chi connectivity index (χ4n) is 1.74. The molecule has 0 bridgehead atoms. The third kappa shape index (κ3) is 4.47. The monoisotopic (exact) mass is 368 g/mol. The number of nitrogens with two attached hydrogens (primary N) is 1. The van der Waals surface area contributed by atoms with Gasteiger partial charge >= 0.3 is 0 Å². The molecule has 3 nitrogen and oxygen atoms in total. The Morgan fingerprint density at radius 3 is 2.84 bits per heavy atom. The van der Waals surface area contributed by atoms with Gasteiger partial charge in [0.05, 0.1) is 6.20 Å². The summed E-state index contributed by atoms with van der Waals surface area (Å²) in [5.41, 5.74) is 7.07. The molecule has 1 aromatic carbocycles. The minimum absolute atomic E-state index is 0.176. The first-order chi connectivity index (χ1) is 9.17. The van der Waals surface area contributed by atoms with Crippen LogP contribution >= 0.6 is 22.6 Å². The second-order valence-electron chi connectivity index (χ2n) is 4.46. The normalized spacial score (nSPS) is 12.2. The van der Waals surface area contributed by atoms with E-state index >= 15 is 0 Å². The number of hydrogen-bond acceptors (Lipinski definition) is 3. The van der Waals surface area contributed by atoms with Gasteiger partial charge in [-0.1, -0.05) is 13.0 Å². The molecule has 4 heteroatoms. The largest absolute Gasteiger partial charge is 0.456 e. The van der Waals surface area contributed by atoms with E-state index in [2.05, 4.69) is 34.5 Å². The third-order valence-electron chi connectivity index (χ3n) is 2.82. The van der Waals surface area contributed by atoms with Crippen LogP contribution in [0, 0.1) is 3.57 Å². The van der Waals surface area contributed by atoms with Gasteiger partial charge in [-0.3, -0.25) is 4.98 Å². The van der Waals surface area contributed by atoms with Crippen molar-refractivity contribution in [3.63, 3.8) is 0 Å². The Morgan fingerprint density at radius 2 is 2.11 bits per heavy atom. The Labute approximate surface area is 127 Å². The van der Waals surface area contributed by atoms with Crippen LogP contribution in [0.25, 0.3) is 0 Å². The Kier molecular flexibility index (Phi) is 5.15. The summed E-state index contributed by atoms with van der Waals surface area (Å²) in [5.74, 6) is 1.58. The van der Waals surface area contributed by atoms with Crippen molar-refractivity contribution in [1.82, 2.24) is 4.98 Å². The molecule has 2 aromatic rings. The Hall–Kier alpha value is -1.14. The van der Waals surface area contributed by atoms with E-state index in [1.54, 1.807) is 6.20 Å². The highest BCUT2D eigenvalue weighted by Gasteiger charge is 2.04. The molecule has 1 aromatic heterocycles. The van der Waals surface area contributed by atoms with E-state index in [1.807, 2.05) is 36.5 Å².